The second-order valence-corrected chi connectivity index (χ2v) is 7.23. The van der Waals surface area contributed by atoms with Crippen molar-refractivity contribution in [3.63, 3.8) is 0 Å². The topological polar surface area (TPSA) is 102 Å². The van der Waals surface area contributed by atoms with Gasteiger partial charge in [-0.3, -0.25) is 14.3 Å². The van der Waals surface area contributed by atoms with Crippen LogP contribution >= 0.6 is 11.6 Å². The van der Waals surface area contributed by atoms with E-state index in [2.05, 4.69) is 20.7 Å². The van der Waals surface area contributed by atoms with Gasteiger partial charge < -0.3 is 15.1 Å². The number of nitrogens with one attached hydrogen (secondary N) is 2. The molecule has 1 aromatic carbocycles. The van der Waals surface area contributed by atoms with Crippen molar-refractivity contribution in [2.75, 3.05) is 10.6 Å². The van der Waals surface area contributed by atoms with E-state index in [1.165, 1.54) is 6.26 Å². The Hall–Kier alpha value is -3.65. The van der Waals surface area contributed by atoms with Crippen LogP contribution < -0.4 is 10.6 Å². The monoisotopic (exact) mass is 423 g/mol. The lowest BCUT2D eigenvalue weighted by molar-refractivity contribution is 0.0993. The van der Waals surface area contributed by atoms with Crippen LogP contribution in [-0.4, -0.2) is 26.6 Å². The Balaban J connectivity index is 1.69. The fraction of sp³-hybridized carbons (Fsp3) is 0.143. The minimum atomic E-state index is -0.456. The maximum atomic E-state index is 13.2. The second kappa shape index (κ2) is 7.64. The van der Waals surface area contributed by atoms with Crippen molar-refractivity contribution in [3.05, 3.63) is 70.4 Å². The van der Waals surface area contributed by atoms with Crippen LogP contribution in [0.4, 0.5) is 11.4 Å². The number of furan rings is 1. The normalized spacial score (nSPS) is 10.9. The van der Waals surface area contributed by atoms with E-state index in [4.69, 9.17) is 16.0 Å². The Morgan fingerprint density at radius 3 is 2.57 bits per heavy atom. The smallest absolute Gasteiger partial charge is 0.291 e. The van der Waals surface area contributed by atoms with Crippen molar-refractivity contribution in [1.82, 2.24) is 14.8 Å². The standard InChI is InChI=1S/C21H18ClN5O3/c1-11-9-14(18-12(2)26-27(3)19(18)23-11)20(28)24-15-7-6-13(22)10-16(15)25-21(29)17-5-4-8-30-17/h4-10H,1-3H3,(H,24,28)(H,25,29). The van der Waals surface area contributed by atoms with Crippen LogP contribution in [0, 0.1) is 13.8 Å². The number of halogens is 1. The molecule has 3 aromatic heterocycles. The molecule has 2 N–H and O–H groups in total. The van der Waals surface area contributed by atoms with E-state index in [-0.39, 0.29) is 11.7 Å². The van der Waals surface area contributed by atoms with Crippen LogP contribution in [0.2, 0.25) is 5.02 Å². The maximum Gasteiger partial charge on any atom is 0.291 e. The van der Waals surface area contributed by atoms with Gasteiger partial charge in [-0.2, -0.15) is 5.10 Å². The SMILES string of the molecule is Cc1cc(C(=O)Nc2ccc(Cl)cc2NC(=O)c2ccco2)c2c(C)nn(C)c2n1. The first-order chi connectivity index (χ1) is 14.3. The highest BCUT2D eigenvalue weighted by atomic mass is 35.5. The van der Waals surface area contributed by atoms with Crippen molar-refractivity contribution in [1.29, 1.82) is 0 Å². The number of nitrogens with zero attached hydrogens (tertiary/aromatic N) is 3. The first-order valence-electron chi connectivity index (χ1n) is 9.10. The van der Waals surface area contributed by atoms with Gasteiger partial charge in [-0.1, -0.05) is 11.6 Å². The highest BCUT2D eigenvalue weighted by Crippen LogP contribution is 2.28. The highest BCUT2D eigenvalue weighted by molar-refractivity contribution is 6.31. The summed E-state index contributed by atoms with van der Waals surface area (Å²) in [6.07, 6.45) is 1.41. The summed E-state index contributed by atoms with van der Waals surface area (Å²) < 4.78 is 6.76. The molecule has 0 saturated carbocycles. The summed E-state index contributed by atoms with van der Waals surface area (Å²) >= 11 is 6.09. The van der Waals surface area contributed by atoms with Crippen molar-refractivity contribution < 1.29 is 14.0 Å². The number of benzene rings is 1. The van der Waals surface area contributed by atoms with E-state index < -0.39 is 5.91 Å². The molecule has 0 aliphatic rings. The molecule has 0 fully saturated rings. The van der Waals surface area contributed by atoms with Crippen molar-refractivity contribution in [3.8, 4) is 0 Å². The summed E-state index contributed by atoms with van der Waals surface area (Å²) in [4.78, 5) is 30.0. The molecular weight excluding hydrogens is 406 g/mol. The lowest BCUT2D eigenvalue weighted by Crippen LogP contribution is -2.17. The lowest BCUT2D eigenvalue weighted by atomic mass is 10.1. The van der Waals surface area contributed by atoms with E-state index >= 15 is 0 Å². The molecule has 0 atom stereocenters. The first-order valence-corrected chi connectivity index (χ1v) is 9.48. The van der Waals surface area contributed by atoms with Crippen LogP contribution in [0.15, 0.2) is 47.1 Å². The predicted molar refractivity (Wildman–Crippen MR) is 114 cm³/mol. The Kier molecular flexibility index (Phi) is 5.01. The van der Waals surface area contributed by atoms with Gasteiger partial charge in [0.15, 0.2) is 11.4 Å². The number of rotatable bonds is 4. The molecule has 9 heteroatoms. The van der Waals surface area contributed by atoms with Crippen molar-refractivity contribution >= 4 is 45.8 Å². The van der Waals surface area contributed by atoms with E-state index in [1.54, 1.807) is 48.1 Å². The average molecular weight is 424 g/mol. The summed E-state index contributed by atoms with van der Waals surface area (Å²) in [6.45, 7) is 3.64. The summed E-state index contributed by atoms with van der Waals surface area (Å²) in [5.74, 6) is -0.662. The van der Waals surface area contributed by atoms with Crippen LogP contribution in [0.1, 0.15) is 32.3 Å². The number of aryl methyl sites for hydroxylation is 3. The van der Waals surface area contributed by atoms with Gasteiger partial charge in [-0.05, 0) is 50.2 Å². The third kappa shape index (κ3) is 3.65. The molecule has 0 saturated heterocycles. The third-order valence-corrected chi connectivity index (χ3v) is 4.80. The van der Waals surface area contributed by atoms with Crippen LogP contribution in [0.25, 0.3) is 11.0 Å². The van der Waals surface area contributed by atoms with E-state index in [9.17, 15) is 9.59 Å². The highest BCUT2D eigenvalue weighted by Gasteiger charge is 2.19. The number of fused-ring (bicyclic) bond motifs is 1. The van der Waals surface area contributed by atoms with Gasteiger partial charge in [0.05, 0.1) is 34.3 Å². The van der Waals surface area contributed by atoms with Gasteiger partial charge in [0.2, 0.25) is 0 Å². The van der Waals surface area contributed by atoms with Gasteiger partial charge >= 0.3 is 0 Å². The molecule has 0 aliphatic heterocycles. The fourth-order valence-electron chi connectivity index (χ4n) is 3.26. The van der Waals surface area contributed by atoms with Crippen molar-refractivity contribution in [2.24, 2.45) is 7.05 Å². The Morgan fingerprint density at radius 2 is 1.83 bits per heavy atom. The average Bonchev–Trinajstić information content (AvgIpc) is 3.32. The Bertz CT molecular complexity index is 1280. The molecule has 0 bridgehead atoms. The minimum absolute atomic E-state index is 0.143. The minimum Gasteiger partial charge on any atom is -0.459 e. The van der Waals surface area contributed by atoms with E-state index in [0.29, 0.717) is 44.4 Å². The first kappa shape index (κ1) is 19.7. The van der Waals surface area contributed by atoms with Gasteiger partial charge in [-0.25, -0.2) is 4.98 Å². The number of carbonyl (C=O) groups excluding carboxylic acids is 2. The fourth-order valence-corrected chi connectivity index (χ4v) is 3.43. The van der Waals surface area contributed by atoms with Gasteiger partial charge in [0, 0.05) is 17.8 Å². The van der Waals surface area contributed by atoms with Gasteiger partial charge in [0.1, 0.15) is 0 Å². The molecule has 3 heterocycles. The summed E-state index contributed by atoms with van der Waals surface area (Å²) in [5, 5.41) is 11.0. The van der Waals surface area contributed by atoms with Gasteiger partial charge in [-0.15, -0.1) is 0 Å². The number of carbonyl (C=O) groups is 2. The lowest BCUT2D eigenvalue weighted by Gasteiger charge is -2.13. The van der Waals surface area contributed by atoms with Crippen LogP contribution in [0.3, 0.4) is 0 Å². The molecule has 8 nitrogen and oxygen atoms in total. The molecule has 152 valence electrons. The zero-order valence-electron chi connectivity index (χ0n) is 16.5. The third-order valence-electron chi connectivity index (χ3n) is 4.56. The number of anilines is 2. The molecule has 30 heavy (non-hydrogen) atoms. The molecule has 0 unspecified atom stereocenters. The molecule has 4 aromatic rings. The molecule has 0 spiro atoms. The van der Waals surface area contributed by atoms with E-state index in [1.807, 2.05) is 13.8 Å². The number of amides is 2. The number of pyridine rings is 1. The number of aromatic nitrogens is 3. The molecule has 4 rings (SSSR count). The largest absolute Gasteiger partial charge is 0.459 e. The van der Waals surface area contributed by atoms with Gasteiger partial charge in [0.25, 0.3) is 11.8 Å². The molecule has 0 radical (unpaired) electrons. The Labute approximate surface area is 176 Å². The Morgan fingerprint density at radius 1 is 1.07 bits per heavy atom. The van der Waals surface area contributed by atoms with Crippen LogP contribution in [0.5, 0.6) is 0 Å². The quantitative estimate of drug-likeness (QED) is 0.508. The van der Waals surface area contributed by atoms with Crippen LogP contribution in [-0.2, 0) is 7.05 Å². The second-order valence-electron chi connectivity index (χ2n) is 6.79. The number of hydrogen-bond donors (Lipinski definition) is 2. The maximum absolute atomic E-state index is 13.2. The molecule has 2 amide bonds. The summed E-state index contributed by atoms with van der Waals surface area (Å²) in [7, 11) is 1.78. The zero-order chi connectivity index (χ0) is 21.4. The summed E-state index contributed by atoms with van der Waals surface area (Å²) in [6, 6.07) is 9.68. The summed E-state index contributed by atoms with van der Waals surface area (Å²) in [5.41, 5.74) is 3.21. The van der Waals surface area contributed by atoms with E-state index in [0.717, 1.165) is 0 Å². The van der Waals surface area contributed by atoms with Crippen molar-refractivity contribution in [2.45, 2.75) is 13.8 Å². The predicted octanol–water partition coefficient (Wildman–Crippen LogP) is 4.34. The molecular formula is C21H18ClN5O3. The molecule has 0 aliphatic carbocycles. The number of hydrogen-bond acceptors (Lipinski definition) is 5. The zero-order valence-corrected chi connectivity index (χ0v) is 17.2.